The number of carbonyl (C=O) groups excluding carboxylic acids is 1. The minimum Gasteiger partial charge on any atom is -0.494 e. The number of halogens is 1. The first kappa shape index (κ1) is 28.3. The highest BCUT2D eigenvalue weighted by atomic mass is 35.5. The zero-order chi connectivity index (χ0) is 27.1. The summed E-state index contributed by atoms with van der Waals surface area (Å²) >= 11 is 6.51. The van der Waals surface area contributed by atoms with E-state index in [1.807, 2.05) is 63.2 Å². The number of nitrogens with one attached hydrogen (secondary N) is 1. The van der Waals surface area contributed by atoms with Crippen molar-refractivity contribution in [2.45, 2.75) is 67.5 Å². The van der Waals surface area contributed by atoms with Crippen LogP contribution in [0.25, 0.3) is 10.9 Å². The number of carbonyl (C=O) groups is 1. The predicted octanol–water partition coefficient (Wildman–Crippen LogP) is 8.44. The van der Waals surface area contributed by atoms with Gasteiger partial charge in [-0.2, -0.15) is 0 Å². The van der Waals surface area contributed by atoms with E-state index in [0.29, 0.717) is 36.2 Å². The van der Waals surface area contributed by atoms with Crippen molar-refractivity contribution in [3.63, 3.8) is 0 Å². The minimum absolute atomic E-state index is 0.0703. The fraction of sp³-hybridized carbons (Fsp3) is 0.344. The minimum atomic E-state index is -0.0703. The summed E-state index contributed by atoms with van der Waals surface area (Å²) in [4.78, 5) is 13.0. The van der Waals surface area contributed by atoms with Crippen molar-refractivity contribution in [3.05, 3.63) is 99.2 Å². The van der Waals surface area contributed by atoms with Crippen molar-refractivity contribution in [3.8, 4) is 5.75 Å². The lowest BCUT2D eigenvalue weighted by atomic mass is 10.0. The van der Waals surface area contributed by atoms with E-state index in [-0.39, 0.29) is 5.91 Å². The molecule has 0 unspecified atom stereocenters. The summed E-state index contributed by atoms with van der Waals surface area (Å²) in [6.45, 7) is 16.3. The summed E-state index contributed by atoms with van der Waals surface area (Å²) < 4.78 is 7.92. The van der Waals surface area contributed by atoms with Gasteiger partial charge in [0.05, 0.1) is 6.61 Å². The summed E-state index contributed by atoms with van der Waals surface area (Å²) in [5.41, 5.74) is 7.45. The lowest BCUT2D eigenvalue weighted by Gasteiger charge is -2.13. The first-order chi connectivity index (χ1) is 17.8. The van der Waals surface area contributed by atoms with Gasteiger partial charge in [-0.1, -0.05) is 63.6 Å². The van der Waals surface area contributed by atoms with Crippen LogP contribution in [0, 0.1) is 13.8 Å². The summed E-state index contributed by atoms with van der Waals surface area (Å²) in [6, 6.07) is 20.1. The third kappa shape index (κ3) is 6.56. The maximum atomic E-state index is 13.0. The molecule has 0 fully saturated rings. The van der Waals surface area contributed by atoms with Gasteiger partial charge < -0.3 is 14.6 Å². The molecule has 0 spiro atoms. The zero-order valence-electron chi connectivity index (χ0n) is 23.1. The maximum absolute atomic E-state index is 13.0. The fourth-order valence-electron chi connectivity index (χ4n) is 4.44. The molecule has 0 saturated heterocycles. The Morgan fingerprint density at radius 1 is 1.03 bits per heavy atom. The lowest BCUT2D eigenvalue weighted by molar-refractivity contribution is 0.0951. The number of amides is 1. The molecular formula is C32H39ClN2O2. The Morgan fingerprint density at radius 2 is 1.78 bits per heavy atom. The van der Waals surface area contributed by atoms with E-state index in [0.717, 1.165) is 39.0 Å². The monoisotopic (exact) mass is 518 g/mol. The molecule has 3 aromatic carbocycles. The first-order valence-electron chi connectivity index (χ1n) is 13.2. The van der Waals surface area contributed by atoms with Crippen LogP contribution in [0.3, 0.4) is 0 Å². The van der Waals surface area contributed by atoms with Crippen molar-refractivity contribution < 1.29 is 9.53 Å². The van der Waals surface area contributed by atoms with Gasteiger partial charge in [0.15, 0.2) is 0 Å². The number of aromatic nitrogens is 1. The molecule has 196 valence electrons. The van der Waals surface area contributed by atoms with Crippen molar-refractivity contribution in [1.82, 2.24) is 9.88 Å². The largest absolute Gasteiger partial charge is 0.494 e. The van der Waals surface area contributed by atoms with Gasteiger partial charge in [0, 0.05) is 40.3 Å². The van der Waals surface area contributed by atoms with Gasteiger partial charge in [-0.15, -0.1) is 0 Å². The molecule has 0 aliphatic heterocycles. The van der Waals surface area contributed by atoms with Crippen LogP contribution in [0.1, 0.15) is 78.8 Å². The van der Waals surface area contributed by atoms with E-state index in [4.69, 9.17) is 16.3 Å². The Hall–Kier alpha value is -3.24. The van der Waals surface area contributed by atoms with E-state index < -0.39 is 0 Å². The Bertz CT molecular complexity index is 1370. The average Bonchev–Trinajstić information content (AvgIpc) is 3.14. The molecule has 0 atom stereocenters. The highest BCUT2D eigenvalue weighted by Crippen LogP contribution is 2.30. The molecule has 4 aromatic rings. The van der Waals surface area contributed by atoms with E-state index in [1.54, 1.807) is 0 Å². The smallest absolute Gasteiger partial charge is 0.251 e. The second kappa shape index (κ2) is 12.8. The second-order valence-corrected chi connectivity index (χ2v) is 9.70. The summed E-state index contributed by atoms with van der Waals surface area (Å²) in [5, 5.41) is 4.87. The van der Waals surface area contributed by atoms with Crippen LogP contribution >= 0.6 is 11.6 Å². The summed E-state index contributed by atoms with van der Waals surface area (Å²) in [6.07, 6.45) is 0. The molecule has 1 amide bonds. The molecule has 0 saturated carbocycles. The fourth-order valence-corrected chi connectivity index (χ4v) is 4.62. The molecule has 37 heavy (non-hydrogen) atoms. The van der Waals surface area contributed by atoms with E-state index >= 15 is 0 Å². The van der Waals surface area contributed by atoms with E-state index in [9.17, 15) is 4.79 Å². The van der Waals surface area contributed by atoms with Crippen LogP contribution in [0.15, 0.2) is 60.7 Å². The van der Waals surface area contributed by atoms with Crippen molar-refractivity contribution in [1.29, 1.82) is 0 Å². The molecule has 0 bridgehead atoms. The number of aryl methyl sites for hydroxylation is 1. The Kier molecular flexibility index (Phi) is 9.82. The highest BCUT2D eigenvalue weighted by molar-refractivity contribution is 6.31. The number of fused-ring (bicyclic) bond motifs is 1. The number of hydrogen-bond donors (Lipinski definition) is 1. The number of benzene rings is 3. The van der Waals surface area contributed by atoms with Crippen LogP contribution in [-0.2, 0) is 13.1 Å². The molecule has 0 aliphatic rings. The van der Waals surface area contributed by atoms with Crippen molar-refractivity contribution in [2.75, 3.05) is 6.61 Å². The third-order valence-electron chi connectivity index (χ3n) is 6.63. The standard InChI is InChI=1S/C30H33ClN2O2.C2H6/c1-6-35-26-11-12-28(31)25(15-26)18-33-21(5)20(4)27-16-24(10-13-29(27)33)30(34)32-17-22-8-7-9-23(14-22)19(2)3;1-2/h7-16,19H,6,17-18H2,1-5H3,(H,32,34);1-2H3. The molecule has 4 nitrogen and oxygen atoms in total. The first-order valence-corrected chi connectivity index (χ1v) is 13.5. The third-order valence-corrected chi connectivity index (χ3v) is 7.00. The lowest BCUT2D eigenvalue weighted by Crippen LogP contribution is -2.22. The molecule has 1 N–H and O–H groups in total. The van der Waals surface area contributed by atoms with E-state index in [2.05, 4.69) is 55.8 Å². The number of rotatable bonds is 8. The van der Waals surface area contributed by atoms with Crippen LogP contribution in [-0.4, -0.2) is 17.1 Å². The van der Waals surface area contributed by atoms with Crippen molar-refractivity contribution >= 4 is 28.4 Å². The molecule has 0 radical (unpaired) electrons. The normalized spacial score (nSPS) is 10.8. The number of hydrogen-bond acceptors (Lipinski definition) is 2. The van der Waals surface area contributed by atoms with Crippen LogP contribution < -0.4 is 10.1 Å². The molecule has 1 heterocycles. The second-order valence-electron chi connectivity index (χ2n) is 9.30. The number of nitrogens with zero attached hydrogens (tertiary/aromatic N) is 1. The quantitative estimate of drug-likeness (QED) is 0.254. The van der Waals surface area contributed by atoms with Gasteiger partial charge in [-0.25, -0.2) is 0 Å². The van der Waals surface area contributed by atoms with Gasteiger partial charge in [-0.3, -0.25) is 4.79 Å². The molecule has 1 aromatic heterocycles. The van der Waals surface area contributed by atoms with Gasteiger partial charge >= 0.3 is 0 Å². The summed E-state index contributed by atoms with van der Waals surface area (Å²) in [7, 11) is 0. The Balaban J connectivity index is 0.00000186. The Morgan fingerprint density at radius 3 is 2.49 bits per heavy atom. The highest BCUT2D eigenvalue weighted by Gasteiger charge is 2.16. The predicted molar refractivity (Wildman–Crippen MR) is 156 cm³/mol. The number of ether oxygens (including phenoxy) is 1. The molecule has 4 rings (SSSR count). The van der Waals surface area contributed by atoms with Gasteiger partial charge in [0.1, 0.15) is 5.75 Å². The van der Waals surface area contributed by atoms with Crippen LogP contribution in [0.5, 0.6) is 5.75 Å². The van der Waals surface area contributed by atoms with Gasteiger partial charge in [-0.05, 0) is 85.3 Å². The van der Waals surface area contributed by atoms with Gasteiger partial charge in [0.2, 0.25) is 0 Å². The summed E-state index contributed by atoms with van der Waals surface area (Å²) in [5.74, 6) is 1.20. The van der Waals surface area contributed by atoms with E-state index in [1.165, 1.54) is 5.56 Å². The maximum Gasteiger partial charge on any atom is 0.251 e. The molecular weight excluding hydrogens is 480 g/mol. The molecule has 5 heteroatoms. The molecule has 0 aliphatic carbocycles. The van der Waals surface area contributed by atoms with Crippen LogP contribution in [0.4, 0.5) is 0 Å². The Labute approximate surface area is 226 Å². The topological polar surface area (TPSA) is 43.3 Å². The SMILES string of the molecule is CC.CCOc1ccc(Cl)c(Cn2c(C)c(C)c3cc(C(=O)NCc4cccc(C(C)C)c4)ccc32)c1. The van der Waals surface area contributed by atoms with Crippen molar-refractivity contribution in [2.24, 2.45) is 0 Å². The zero-order valence-corrected chi connectivity index (χ0v) is 23.9. The van der Waals surface area contributed by atoms with Crippen LogP contribution in [0.2, 0.25) is 5.02 Å². The average molecular weight is 519 g/mol. The van der Waals surface area contributed by atoms with Gasteiger partial charge in [0.25, 0.3) is 5.91 Å².